The fraction of sp³-hybridized carbons (Fsp3) is 0.0667. The molecule has 0 aliphatic rings. The van der Waals surface area contributed by atoms with Crippen molar-refractivity contribution in [3.05, 3.63) is 58.3 Å². The first-order valence-corrected chi connectivity index (χ1v) is 7.08. The van der Waals surface area contributed by atoms with E-state index in [4.69, 9.17) is 0 Å². The largest absolute Gasteiger partial charge is 0.507 e. The van der Waals surface area contributed by atoms with E-state index in [2.05, 4.69) is 26.0 Å². The van der Waals surface area contributed by atoms with Crippen LogP contribution in [0.3, 0.4) is 0 Å². The van der Waals surface area contributed by atoms with Gasteiger partial charge in [0.25, 0.3) is 0 Å². The van der Waals surface area contributed by atoms with Crippen LogP contribution in [0.1, 0.15) is 11.4 Å². The summed E-state index contributed by atoms with van der Waals surface area (Å²) in [7, 11) is 0. The van der Waals surface area contributed by atoms with Gasteiger partial charge in [-0.15, -0.1) is 0 Å². The molecule has 0 fully saturated rings. The molecule has 2 aromatic carbocycles. The third kappa shape index (κ3) is 2.68. The van der Waals surface area contributed by atoms with Gasteiger partial charge in [-0.25, -0.2) is 9.66 Å². The van der Waals surface area contributed by atoms with Crippen LogP contribution in [0.2, 0.25) is 0 Å². The van der Waals surface area contributed by atoms with Gasteiger partial charge in [-0.05, 0) is 30.3 Å². The van der Waals surface area contributed by atoms with E-state index in [9.17, 15) is 10.2 Å². The van der Waals surface area contributed by atoms with E-state index in [-0.39, 0.29) is 12.4 Å². The van der Waals surface area contributed by atoms with Crippen LogP contribution < -0.4 is 0 Å². The first kappa shape index (κ1) is 13.8. The average molecular weight is 346 g/mol. The van der Waals surface area contributed by atoms with Gasteiger partial charge in [0, 0.05) is 10.0 Å². The van der Waals surface area contributed by atoms with Gasteiger partial charge in [0.2, 0.25) is 0 Å². The number of nitrogens with zero attached hydrogens (tertiary/aromatic N) is 3. The van der Waals surface area contributed by atoms with Crippen molar-refractivity contribution in [2.45, 2.75) is 6.61 Å². The highest BCUT2D eigenvalue weighted by Crippen LogP contribution is 2.21. The van der Waals surface area contributed by atoms with Crippen molar-refractivity contribution in [3.63, 3.8) is 0 Å². The average Bonchev–Trinajstić information content (AvgIpc) is 2.86. The van der Waals surface area contributed by atoms with E-state index in [0.29, 0.717) is 11.4 Å². The highest BCUT2D eigenvalue weighted by Gasteiger charge is 2.08. The summed E-state index contributed by atoms with van der Waals surface area (Å²) in [5.41, 5.74) is 2.13. The second-order valence-electron chi connectivity index (χ2n) is 4.43. The number of rotatable bonds is 3. The van der Waals surface area contributed by atoms with Crippen molar-refractivity contribution < 1.29 is 10.2 Å². The molecule has 21 heavy (non-hydrogen) atoms. The van der Waals surface area contributed by atoms with E-state index in [0.717, 1.165) is 15.5 Å². The molecule has 0 aliphatic heterocycles. The fourth-order valence-electron chi connectivity index (χ4n) is 2.04. The number of hydrogen-bond donors (Lipinski definition) is 2. The monoisotopic (exact) mass is 345 g/mol. The third-order valence-corrected chi connectivity index (χ3v) is 3.54. The van der Waals surface area contributed by atoms with Crippen LogP contribution >= 0.6 is 15.9 Å². The van der Waals surface area contributed by atoms with Crippen LogP contribution in [-0.2, 0) is 6.61 Å². The summed E-state index contributed by atoms with van der Waals surface area (Å²) in [6.07, 6.45) is 1.54. The Bertz CT molecular complexity index is 827. The van der Waals surface area contributed by atoms with Crippen LogP contribution in [0.5, 0.6) is 5.75 Å². The normalized spacial score (nSPS) is 11.5. The number of aromatic nitrogens is 2. The molecule has 1 heterocycles. The maximum absolute atomic E-state index is 9.82. The van der Waals surface area contributed by atoms with Crippen molar-refractivity contribution in [1.29, 1.82) is 0 Å². The molecular weight excluding hydrogens is 334 g/mol. The molecule has 6 heteroatoms. The number of aliphatic hydroxyl groups is 1. The summed E-state index contributed by atoms with van der Waals surface area (Å²) >= 11 is 3.35. The van der Waals surface area contributed by atoms with Gasteiger partial charge in [0.1, 0.15) is 12.4 Å². The van der Waals surface area contributed by atoms with Gasteiger partial charge >= 0.3 is 0 Å². The zero-order chi connectivity index (χ0) is 14.8. The summed E-state index contributed by atoms with van der Waals surface area (Å²) in [4.78, 5) is 4.31. The Kier molecular flexibility index (Phi) is 3.72. The molecule has 0 amide bonds. The Morgan fingerprint density at radius 1 is 1.24 bits per heavy atom. The molecule has 0 saturated heterocycles. The molecule has 0 atom stereocenters. The Balaban J connectivity index is 2.08. The molecule has 0 radical (unpaired) electrons. The van der Waals surface area contributed by atoms with Crippen molar-refractivity contribution in [2.75, 3.05) is 0 Å². The minimum atomic E-state index is -0.212. The van der Waals surface area contributed by atoms with Crippen molar-refractivity contribution >= 4 is 33.2 Å². The van der Waals surface area contributed by atoms with Gasteiger partial charge in [0.05, 0.1) is 17.2 Å². The molecule has 0 spiro atoms. The van der Waals surface area contributed by atoms with Gasteiger partial charge in [-0.2, -0.15) is 5.10 Å². The summed E-state index contributed by atoms with van der Waals surface area (Å²) in [5, 5.41) is 23.5. The van der Waals surface area contributed by atoms with Gasteiger partial charge in [-0.1, -0.05) is 28.1 Å². The number of imidazole rings is 1. The second-order valence-corrected chi connectivity index (χ2v) is 5.35. The zero-order valence-electron chi connectivity index (χ0n) is 10.9. The minimum Gasteiger partial charge on any atom is -0.507 e. The van der Waals surface area contributed by atoms with E-state index < -0.39 is 0 Å². The van der Waals surface area contributed by atoms with Gasteiger partial charge in [-0.3, -0.25) is 0 Å². The molecule has 3 aromatic rings. The summed E-state index contributed by atoms with van der Waals surface area (Å²) in [6.45, 7) is -0.212. The Hall–Kier alpha value is -2.18. The predicted molar refractivity (Wildman–Crippen MR) is 84.5 cm³/mol. The lowest BCUT2D eigenvalue weighted by Crippen LogP contribution is -1.98. The van der Waals surface area contributed by atoms with Crippen LogP contribution in [0.4, 0.5) is 0 Å². The Labute approximate surface area is 129 Å². The molecular formula is C15H12BrN3O2. The standard InChI is InChI=1S/C15H12BrN3O2/c16-11-5-6-14(21)10(7-11)8-17-19-13-4-2-1-3-12(13)18-15(19)9-20/h1-8,20-21H,9H2. The second kappa shape index (κ2) is 5.67. The lowest BCUT2D eigenvalue weighted by molar-refractivity contribution is 0.267. The highest BCUT2D eigenvalue weighted by molar-refractivity contribution is 9.10. The SMILES string of the molecule is OCc1nc2ccccc2n1N=Cc1cc(Br)ccc1O. The van der Waals surface area contributed by atoms with Crippen LogP contribution in [0.25, 0.3) is 11.0 Å². The van der Waals surface area contributed by atoms with Crippen molar-refractivity contribution in [1.82, 2.24) is 9.66 Å². The van der Waals surface area contributed by atoms with Gasteiger partial charge in [0.15, 0.2) is 5.82 Å². The Morgan fingerprint density at radius 3 is 2.86 bits per heavy atom. The maximum atomic E-state index is 9.82. The van der Waals surface area contributed by atoms with E-state index >= 15 is 0 Å². The molecule has 0 saturated carbocycles. The van der Waals surface area contributed by atoms with E-state index in [1.165, 1.54) is 6.21 Å². The number of para-hydroxylation sites is 2. The third-order valence-electron chi connectivity index (χ3n) is 3.05. The number of benzene rings is 2. The molecule has 106 valence electrons. The first-order valence-electron chi connectivity index (χ1n) is 6.29. The molecule has 0 aliphatic carbocycles. The molecule has 1 aromatic heterocycles. The molecule has 3 rings (SSSR count). The number of phenols is 1. The molecule has 0 bridgehead atoms. The number of fused-ring (bicyclic) bond motifs is 1. The number of aromatic hydroxyl groups is 1. The molecule has 5 nitrogen and oxygen atoms in total. The van der Waals surface area contributed by atoms with Crippen molar-refractivity contribution in [3.8, 4) is 5.75 Å². The van der Waals surface area contributed by atoms with Gasteiger partial charge < -0.3 is 10.2 Å². The van der Waals surface area contributed by atoms with Crippen LogP contribution in [-0.4, -0.2) is 26.1 Å². The quantitative estimate of drug-likeness (QED) is 0.717. The fourth-order valence-corrected chi connectivity index (χ4v) is 2.42. The number of aliphatic hydroxyl groups excluding tert-OH is 1. The predicted octanol–water partition coefficient (Wildman–Crippen LogP) is 2.88. The highest BCUT2D eigenvalue weighted by atomic mass is 79.9. The lowest BCUT2D eigenvalue weighted by Gasteiger charge is -2.02. The van der Waals surface area contributed by atoms with E-state index in [1.54, 1.807) is 22.9 Å². The number of phenolic OH excluding ortho intramolecular Hbond substituents is 1. The molecule has 0 unspecified atom stereocenters. The van der Waals surface area contributed by atoms with E-state index in [1.807, 2.05) is 24.3 Å². The molecule has 2 N–H and O–H groups in total. The lowest BCUT2D eigenvalue weighted by atomic mass is 10.2. The smallest absolute Gasteiger partial charge is 0.156 e. The van der Waals surface area contributed by atoms with Crippen LogP contribution in [0, 0.1) is 0 Å². The number of hydrogen-bond acceptors (Lipinski definition) is 4. The Morgan fingerprint density at radius 2 is 2.05 bits per heavy atom. The summed E-state index contributed by atoms with van der Waals surface area (Å²) in [6, 6.07) is 12.6. The minimum absolute atomic E-state index is 0.136. The summed E-state index contributed by atoms with van der Waals surface area (Å²) < 4.78 is 2.41. The summed E-state index contributed by atoms with van der Waals surface area (Å²) in [5.74, 6) is 0.582. The van der Waals surface area contributed by atoms with Crippen molar-refractivity contribution in [2.24, 2.45) is 5.10 Å². The maximum Gasteiger partial charge on any atom is 0.156 e. The topological polar surface area (TPSA) is 70.6 Å². The zero-order valence-corrected chi connectivity index (χ0v) is 12.5. The van der Waals surface area contributed by atoms with Crippen LogP contribution in [0.15, 0.2) is 52.0 Å². The number of halogens is 1. The first-order chi connectivity index (χ1) is 10.2.